The summed E-state index contributed by atoms with van der Waals surface area (Å²) in [6.45, 7) is 5.28. The van der Waals surface area contributed by atoms with Crippen LogP contribution < -0.4 is 0 Å². The maximum Gasteiger partial charge on any atom is 0.143 e. The van der Waals surface area contributed by atoms with E-state index in [1.165, 1.54) is 6.08 Å². The Morgan fingerprint density at radius 2 is 2.38 bits per heavy atom. The summed E-state index contributed by atoms with van der Waals surface area (Å²) in [5.41, 5.74) is 0.603. The molecule has 1 aromatic heterocycles. The van der Waals surface area contributed by atoms with Gasteiger partial charge in [0, 0.05) is 6.42 Å². The summed E-state index contributed by atoms with van der Waals surface area (Å²) in [6, 6.07) is 0. The van der Waals surface area contributed by atoms with Gasteiger partial charge in [-0.3, -0.25) is 0 Å². The van der Waals surface area contributed by atoms with Crippen LogP contribution in [0.25, 0.3) is 0 Å². The molecule has 0 aliphatic heterocycles. The molecule has 1 atom stereocenters. The summed E-state index contributed by atoms with van der Waals surface area (Å²) in [5.74, 6) is -0.373. The van der Waals surface area contributed by atoms with E-state index in [2.05, 4.69) is 6.58 Å². The Bertz CT molecular complexity index is 291. The quantitative estimate of drug-likeness (QED) is 0.646. The van der Waals surface area contributed by atoms with Gasteiger partial charge in [0.05, 0.1) is 4.88 Å². The average Bonchev–Trinajstić information content (AvgIpc) is 2.47. The van der Waals surface area contributed by atoms with Gasteiger partial charge in [0.2, 0.25) is 0 Å². The lowest BCUT2D eigenvalue weighted by atomic mass is 10.2. The molecule has 0 bridgehead atoms. The lowest BCUT2D eigenvalue weighted by Crippen LogP contribution is -1.91. The zero-order valence-corrected chi connectivity index (χ0v) is 8.33. The van der Waals surface area contributed by atoms with Crippen LogP contribution in [0, 0.1) is 5.82 Å². The van der Waals surface area contributed by atoms with Crippen molar-refractivity contribution in [3.8, 4) is 0 Å². The van der Waals surface area contributed by atoms with Gasteiger partial charge in [0.25, 0.3) is 0 Å². The van der Waals surface area contributed by atoms with Crippen LogP contribution in [0.5, 0.6) is 0 Å². The van der Waals surface area contributed by atoms with E-state index in [-0.39, 0.29) is 17.1 Å². The molecule has 0 aromatic carbocycles. The smallest absolute Gasteiger partial charge is 0.143 e. The number of alkyl halides is 1. The molecule has 3 heteroatoms. The first-order chi connectivity index (χ1) is 6.20. The third-order valence-electron chi connectivity index (χ3n) is 1.87. The molecule has 0 saturated carbocycles. The Balaban J connectivity index is 2.88. The van der Waals surface area contributed by atoms with Gasteiger partial charge in [0.1, 0.15) is 12.0 Å². The minimum absolute atomic E-state index is 0.181. The largest absolute Gasteiger partial charge is 0.241 e. The van der Waals surface area contributed by atoms with E-state index < -0.39 is 6.17 Å². The minimum atomic E-state index is -1.23. The van der Waals surface area contributed by atoms with Crippen LogP contribution in [0.1, 0.15) is 30.0 Å². The van der Waals surface area contributed by atoms with Crippen molar-refractivity contribution in [1.82, 2.24) is 0 Å². The van der Waals surface area contributed by atoms with E-state index in [1.54, 1.807) is 5.38 Å². The highest BCUT2D eigenvalue weighted by atomic mass is 32.1. The summed E-state index contributed by atoms with van der Waals surface area (Å²) in [4.78, 5) is 0.205. The van der Waals surface area contributed by atoms with Crippen LogP contribution in [0.4, 0.5) is 8.78 Å². The summed E-state index contributed by atoms with van der Waals surface area (Å²) in [5, 5.41) is 1.68. The maximum atomic E-state index is 13.3. The lowest BCUT2D eigenvalue weighted by Gasteiger charge is -2.01. The van der Waals surface area contributed by atoms with Crippen LogP contribution in [-0.4, -0.2) is 0 Å². The predicted molar refractivity (Wildman–Crippen MR) is 52.3 cm³/mol. The highest BCUT2D eigenvalue weighted by molar-refractivity contribution is 7.10. The highest BCUT2D eigenvalue weighted by Crippen LogP contribution is 2.31. The molecule has 1 aromatic rings. The monoisotopic (exact) mass is 202 g/mol. The first kappa shape index (κ1) is 10.4. The molecule has 0 nitrogen and oxygen atoms in total. The summed E-state index contributed by atoms with van der Waals surface area (Å²) in [7, 11) is 0. The van der Waals surface area contributed by atoms with Gasteiger partial charge in [-0.05, 0) is 17.4 Å². The summed E-state index contributed by atoms with van der Waals surface area (Å²) < 4.78 is 26.6. The van der Waals surface area contributed by atoms with Crippen LogP contribution in [0.15, 0.2) is 18.0 Å². The highest BCUT2D eigenvalue weighted by Gasteiger charge is 2.17. The molecular weight excluding hydrogens is 190 g/mol. The molecular formula is C10H12F2S. The van der Waals surface area contributed by atoms with Gasteiger partial charge in [-0.1, -0.05) is 13.0 Å². The van der Waals surface area contributed by atoms with Crippen molar-refractivity contribution in [2.24, 2.45) is 0 Å². The topological polar surface area (TPSA) is 0 Å². The molecule has 0 aliphatic rings. The standard InChI is InChI=1S/C10H12F2S/c1-3-5-8(11)10-9(12)7(4-2)6-13-10/h3,6,8H,1,4-5H2,2H3. The zero-order chi connectivity index (χ0) is 9.84. The van der Waals surface area contributed by atoms with Crippen LogP contribution in [0.2, 0.25) is 0 Å². The van der Waals surface area contributed by atoms with E-state index in [0.29, 0.717) is 12.0 Å². The van der Waals surface area contributed by atoms with Crippen molar-refractivity contribution in [2.45, 2.75) is 25.9 Å². The molecule has 0 N–H and O–H groups in total. The van der Waals surface area contributed by atoms with Crippen molar-refractivity contribution in [3.05, 3.63) is 34.3 Å². The third-order valence-corrected chi connectivity index (χ3v) is 2.96. The molecule has 0 saturated heterocycles. The second kappa shape index (κ2) is 4.51. The van der Waals surface area contributed by atoms with Crippen molar-refractivity contribution < 1.29 is 8.78 Å². The number of thiophene rings is 1. The molecule has 0 radical (unpaired) electrons. The Morgan fingerprint density at radius 3 is 2.85 bits per heavy atom. The Hall–Kier alpha value is -0.700. The van der Waals surface area contributed by atoms with E-state index >= 15 is 0 Å². The molecule has 72 valence electrons. The normalized spacial score (nSPS) is 12.8. The van der Waals surface area contributed by atoms with Crippen molar-refractivity contribution in [2.75, 3.05) is 0 Å². The van der Waals surface area contributed by atoms with Gasteiger partial charge in [-0.15, -0.1) is 17.9 Å². The minimum Gasteiger partial charge on any atom is -0.241 e. The number of hydrogen-bond donors (Lipinski definition) is 0. The molecule has 1 rings (SSSR count). The van der Waals surface area contributed by atoms with Gasteiger partial charge in [-0.2, -0.15) is 0 Å². The third kappa shape index (κ3) is 2.15. The van der Waals surface area contributed by atoms with Crippen molar-refractivity contribution in [1.29, 1.82) is 0 Å². The van der Waals surface area contributed by atoms with E-state index in [0.717, 1.165) is 11.3 Å². The summed E-state index contributed by atoms with van der Waals surface area (Å²) in [6.07, 6.45) is 1.03. The second-order valence-electron chi connectivity index (χ2n) is 2.78. The average molecular weight is 202 g/mol. The number of aryl methyl sites for hydroxylation is 1. The number of allylic oxidation sites excluding steroid dienone is 1. The van der Waals surface area contributed by atoms with Gasteiger partial charge >= 0.3 is 0 Å². The SMILES string of the molecule is C=CCC(F)c1scc(CC)c1F. The number of halogens is 2. The Morgan fingerprint density at radius 1 is 1.69 bits per heavy atom. The molecule has 1 heterocycles. The molecule has 0 fully saturated rings. The van der Waals surface area contributed by atoms with Crippen molar-refractivity contribution >= 4 is 11.3 Å². The Labute approximate surface area is 80.9 Å². The molecule has 1 unspecified atom stereocenters. The predicted octanol–water partition coefficient (Wildman–Crippen LogP) is 4.04. The lowest BCUT2D eigenvalue weighted by molar-refractivity contribution is 0.342. The zero-order valence-electron chi connectivity index (χ0n) is 7.52. The fourth-order valence-corrected chi connectivity index (χ4v) is 2.12. The van der Waals surface area contributed by atoms with Gasteiger partial charge in [0.15, 0.2) is 0 Å². The second-order valence-corrected chi connectivity index (χ2v) is 3.70. The molecule has 0 spiro atoms. The molecule has 0 amide bonds. The fraction of sp³-hybridized carbons (Fsp3) is 0.400. The van der Waals surface area contributed by atoms with Crippen LogP contribution >= 0.6 is 11.3 Å². The van der Waals surface area contributed by atoms with Crippen LogP contribution in [-0.2, 0) is 6.42 Å². The van der Waals surface area contributed by atoms with Gasteiger partial charge < -0.3 is 0 Å². The van der Waals surface area contributed by atoms with Crippen LogP contribution in [0.3, 0.4) is 0 Å². The van der Waals surface area contributed by atoms with Crippen molar-refractivity contribution in [3.63, 3.8) is 0 Å². The summed E-state index contributed by atoms with van der Waals surface area (Å²) >= 11 is 1.15. The van der Waals surface area contributed by atoms with E-state index in [1.807, 2.05) is 6.92 Å². The first-order valence-corrected chi connectivity index (χ1v) is 5.09. The first-order valence-electron chi connectivity index (χ1n) is 4.21. The fourth-order valence-electron chi connectivity index (χ4n) is 1.10. The molecule has 0 aliphatic carbocycles. The molecule has 13 heavy (non-hydrogen) atoms. The number of rotatable bonds is 4. The van der Waals surface area contributed by atoms with E-state index in [9.17, 15) is 8.78 Å². The van der Waals surface area contributed by atoms with Gasteiger partial charge in [-0.25, -0.2) is 8.78 Å². The maximum absolute atomic E-state index is 13.3. The van der Waals surface area contributed by atoms with E-state index in [4.69, 9.17) is 0 Å². The Kier molecular flexibility index (Phi) is 3.60. The number of hydrogen-bond acceptors (Lipinski definition) is 1.